The molecule has 0 aliphatic rings. The molecule has 0 saturated carbocycles. The highest BCUT2D eigenvalue weighted by atomic mass is 16.5. The minimum Gasteiger partial charge on any atom is -0.484 e. The van der Waals surface area contributed by atoms with E-state index in [9.17, 15) is 4.79 Å². The molecule has 5 heteroatoms. The van der Waals surface area contributed by atoms with E-state index in [1.807, 2.05) is 56.3 Å². The van der Waals surface area contributed by atoms with Gasteiger partial charge in [0, 0.05) is 13.1 Å². The SMILES string of the molecule is Cc1ccc(OCC(=O)NCCCn2c(C)nc3ccccc32)cc1. The maximum Gasteiger partial charge on any atom is 0.257 e. The monoisotopic (exact) mass is 337 g/mol. The van der Waals surface area contributed by atoms with Crippen LogP contribution < -0.4 is 10.1 Å². The molecule has 0 spiro atoms. The zero-order valence-corrected chi connectivity index (χ0v) is 14.7. The van der Waals surface area contributed by atoms with Crippen molar-refractivity contribution in [1.29, 1.82) is 0 Å². The second-order valence-corrected chi connectivity index (χ2v) is 6.10. The molecule has 3 rings (SSSR count). The number of aromatic nitrogens is 2. The summed E-state index contributed by atoms with van der Waals surface area (Å²) in [4.78, 5) is 16.4. The van der Waals surface area contributed by atoms with Crippen LogP contribution in [0.15, 0.2) is 48.5 Å². The van der Waals surface area contributed by atoms with Gasteiger partial charge in [-0.1, -0.05) is 29.8 Å². The molecular formula is C20H23N3O2. The zero-order valence-electron chi connectivity index (χ0n) is 14.7. The summed E-state index contributed by atoms with van der Waals surface area (Å²) in [6.07, 6.45) is 0.845. The van der Waals surface area contributed by atoms with Crippen LogP contribution in [0.3, 0.4) is 0 Å². The highest BCUT2D eigenvalue weighted by Crippen LogP contribution is 2.15. The third-order valence-electron chi connectivity index (χ3n) is 4.12. The quantitative estimate of drug-likeness (QED) is 0.674. The van der Waals surface area contributed by atoms with Gasteiger partial charge in [0.2, 0.25) is 0 Å². The van der Waals surface area contributed by atoms with Gasteiger partial charge in [-0.15, -0.1) is 0 Å². The van der Waals surface area contributed by atoms with Crippen molar-refractivity contribution < 1.29 is 9.53 Å². The Kier molecular flexibility index (Phi) is 5.33. The van der Waals surface area contributed by atoms with E-state index in [-0.39, 0.29) is 12.5 Å². The van der Waals surface area contributed by atoms with Crippen molar-refractivity contribution in [2.24, 2.45) is 0 Å². The predicted octanol–water partition coefficient (Wildman–Crippen LogP) is 3.24. The molecule has 0 aliphatic carbocycles. The maximum absolute atomic E-state index is 11.9. The first-order chi connectivity index (χ1) is 12.1. The lowest BCUT2D eigenvalue weighted by atomic mass is 10.2. The average molecular weight is 337 g/mol. The van der Waals surface area contributed by atoms with Crippen molar-refractivity contribution in [3.63, 3.8) is 0 Å². The van der Waals surface area contributed by atoms with Crippen LogP contribution in [0, 0.1) is 13.8 Å². The Labute approximate surface area is 147 Å². The number of nitrogens with one attached hydrogen (secondary N) is 1. The molecule has 0 aliphatic heterocycles. The van der Waals surface area contributed by atoms with Gasteiger partial charge in [0.25, 0.3) is 5.91 Å². The van der Waals surface area contributed by atoms with E-state index in [0.717, 1.165) is 29.8 Å². The first-order valence-electron chi connectivity index (χ1n) is 8.51. The van der Waals surface area contributed by atoms with E-state index in [0.29, 0.717) is 12.3 Å². The molecule has 1 heterocycles. The number of nitrogens with zero attached hydrogens (tertiary/aromatic N) is 2. The van der Waals surface area contributed by atoms with Crippen molar-refractivity contribution in [1.82, 2.24) is 14.9 Å². The van der Waals surface area contributed by atoms with Gasteiger partial charge in [-0.2, -0.15) is 0 Å². The van der Waals surface area contributed by atoms with E-state index in [2.05, 4.69) is 20.9 Å². The molecule has 0 bridgehead atoms. The fraction of sp³-hybridized carbons (Fsp3) is 0.300. The molecule has 5 nitrogen and oxygen atoms in total. The molecule has 1 aromatic heterocycles. The number of ether oxygens (including phenoxy) is 1. The lowest BCUT2D eigenvalue weighted by Crippen LogP contribution is -2.30. The molecule has 0 radical (unpaired) electrons. The summed E-state index contributed by atoms with van der Waals surface area (Å²) in [5.41, 5.74) is 3.31. The van der Waals surface area contributed by atoms with Gasteiger partial charge in [0.05, 0.1) is 11.0 Å². The third kappa shape index (κ3) is 4.38. The Balaban J connectivity index is 1.42. The summed E-state index contributed by atoms with van der Waals surface area (Å²) in [6, 6.07) is 15.8. The minimum atomic E-state index is -0.104. The summed E-state index contributed by atoms with van der Waals surface area (Å²) in [6.45, 7) is 5.50. The highest BCUT2D eigenvalue weighted by Gasteiger charge is 2.07. The number of rotatable bonds is 7. The Morgan fingerprint density at radius 2 is 1.88 bits per heavy atom. The summed E-state index contributed by atoms with van der Waals surface area (Å²) < 4.78 is 7.66. The molecule has 1 N–H and O–H groups in total. The van der Waals surface area contributed by atoms with E-state index in [1.54, 1.807) is 0 Å². The number of benzene rings is 2. The van der Waals surface area contributed by atoms with Crippen molar-refractivity contribution in [2.75, 3.05) is 13.2 Å². The number of amides is 1. The van der Waals surface area contributed by atoms with E-state index >= 15 is 0 Å². The lowest BCUT2D eigenvalue weighted by Gasteiger charge is -2.09. The number of para-hydroxylation sites is 2. The molecule has 2 aromatic carbocycles. The summed E-state index contributed by atoms with van der Waals surface area (Å²) in [5.74, 6) is 1.60. The van der Waals surface area contributed by atoms with Gasteiger partial charge in [-0.05, 0) is 44.5 Å². The van der Waals surface area contributed by atoms with Crippen LogP contribution in [0.5, 0.6) is 5.75 Å². The highest BCUT2D eigenvalue weighted by molar-refractivity contribution is 5.77. The number of aryl methyl sites for hydroxylation is 3. The topological polar surface area (TPSA) is 56.1 Å². The predicted molar refractivity (Wildman–Crippen MR) is 98.8 cm³/mol. The Morgan fingerprint density at radius 1 is 1.12 bits per heavy atom. The Hall–Kier alpha value is -2.82. The lowest BCUT2D eigenvalue weighted by molar-refractivity contribution is -0.123. The number of imidazole rings is 1. The molecule has 0 saturated heterocycles. The van der Waals surface area contributed by atoms with E-state index in [1.165, 1.54) is 5.56 Å². The van der Waals surface area contributed by atoms with Crippen LogP contribution in [0.4, 0.5) is 0 Å². The summed E-state index contributed by atoms with van der Waals surface area (Å²) >= 11 is 0. The zero-order chi connectivity index (χ0) is 17.6. The van der Waals surface area contributed by atoms with Gasteiger partial charge >= 0.3 is 0 Å². The Bertz CT molecular complexity index is 853. The molecule has 25 heavy (non-hydrogen) atoms. The van der Waals surface area contributed by atoms with Crippen LogP contribution >= 0.6 is 0 Å². The molecule has 0 unspecified atom stereocenters. The fourth-order valence-electron chi connectivity index (χ4n) is 2.78. The second-order valence-electron chi connectivity index (χ2n) is 6.10. The van der Waals surface area contributed by atoms with E-state index < -0.39 is 0 Å². The summed E-state index contributed by atoms with van der Waals surface area (Å²) in [7, 11) is 0. The number of carbonyl (C=O) groups is 1. The van der Waals surface area contributed by atoms with Gasteiger partial charge in [-0.3, -0.25) is 4.79 Å². The first kappa shape index (κ1) is 17.0. The second kappa shape index (κ2) is 7.83. The smallest absolute Gasteiger partial charge is 0.257 e. The van der Waals surface area contributed by atoms with Crippen molar-refractivity contribution in [3.05, 3.63) is 59.9 Å². The average Bonchev–Trinajstić information content (AvgIpc) is 2.93. The maximum atomic E-state index is 11.9. The molecule has 0 fully saturated rings. The standard InChI is InChI=1S/C20H23N3O2/c1-15-8-10-17(11-9-15)25-14-20(24)21-12-5-13-23-16(2)22-18-6-3-4-7-19(18)23/h3-4,6-11H,5,12-14H2,1-2H3,(H,21,24). The molecule has 3 aromatic rings. The van der Waals surface area contributed by atoms with Gasteiger partial charge in [-0.25, -0.2) is 4.98 Å². The van der Waals surface area contributed by atoms with E-state index in [4.69, 9.17) is 4.74 Å². The van der Waals surface area contributed by atoms with Crippen LogP contribution in [-0.2, 0) is 11.3 Å². The fourth-order valence-corrected chi connectivity index (χ4v) is 2.78. The van der Waals surface area contributed by atoms with Crippen molar-refractivity contribution in [2.45, 2.75) is 26.8 Å². The third-order valence-corrected chi connectivity index (χ3v) is 4.12. The van der Waals surface area contributed by atoms with Gasteiger partial charge in [0.1, 0.15) is 11.6 Å². The molecule has 1 amide bonds. The molecular weight excluding hydrogens is 314 g/mol. The Morgan fingerprint density at radius 3 is 2.68 bits per heavy atom. The van der Waals surface area contributed by atoms with Crippen LogP contribution in [0.1, 0.15) is 17.8 Å². The van der Waals surface area contributed by atoms with Crippen LogP contribution in [0.25, 0.3) is 11.0 Å². The minimum absolute atomic E-state index is 0.0378. The molecule has 130 valence electrons. The van der Waals surface area contributed by atoms with Crippen LogP contribution in [-0.4, -0.2) is 28.6 Å². The number of fused-ring (bicyclic) bond motifs is 1. The molecule has 0 atom stereocenters. The largest absolute Gasteiger partial charge is 0.484 e. The number of hydrogen-bond donors (Lipinski definition) is 1. The number of carbonyl (C=O) groups excluding carboxylic acids is 1. The van der Waals surface area contributed by atoms with Gasteiger partial charge in [0.15, 0.2) is 6.61 Å². The van der Waals surface area contributed by atoms with Crippen molar-refractivity contribution >= 4 is 16.9 Å². The van der Waals surface area contributed by atoms with Crippen molar-refractivity contribution in [3.8, 4) is 5.75 Å². The van der Waals surface area contributed by atoms with Gasteiger partial charge < -0.3 is 14.6 Å². The van der Waals surface area contributed by atoms with Crippen LogP contribution in [0.2, 0.25) is 0 Å². The normalized spacial score (nSPS) is 10.8. The first-order valence-corrected chi connectivity index (χ1v) is 8.51. The summed E-state index contributed by atoms with van der Waals surface area (Å²) in [5, 5.41) is 2.90. The number of hydrogen-bond acceptors (Lipinski definition) is 3.